The number of anilines is 2. The molecule has 3 N–H and O–H groups in total. The number of aryl methyl sites for hydroxylation is 1. The average Bonchev–Trinajstić information content (AvgIpc) is 2.79. The van der Waals surface area contributed by atoms with Gasteiger partial charge < -0.3 is 11.1 Å². The minimum atomic E-state index is 0.682. The van der Waals surface area contributed by atoms with Crippen molar-refractivity contribution in [2.45, 2.75) is 13.0 Å². The van der Waals surface area contributed by atoms with E-state index in [-0.39, 0.29) is 0 Å². The van der Waals surface area contributed by atoms with Crippen LogP contribution in [0.4, 0.5) is 11.4 Å². The van der Waals surface area contributed by atoms with E-state index in [9.17, 15) is 0 Å². The van der Waals surface area contributed by atoms with Gasteiger partial charge in [-0.25, -0.2) is 0 Å². The Morgan fingerprint density at radius 3 is 3.06 bits per heavy atom. The molecule has 0 fully saturated rings. The fourth-order valence-electron chi connectivity index (χ4n) is 1.46. The third-order valence-corrected chi connectivity index (χ3v) is 2.29. The lowest BCUT2D eigenvalue weighted by atomic mass is 10.3. The van der Waals surface area contributed by atoms with Gasteiger partial charge in [0.05, 0.1) is 17.6 Å². The zero-order valence-corrected chi connectivity index (χ0v) is 9.00. The Morgan fingerprint density at radius 2 is 2.31 bits per heavy atom. The van der Waals surface area contributed by atoms with Gasteiger partial charge in [-0.1, -0.05) is 0 Å². The predicted molar refractivity (Wildman–Crippen MR) is 64.0 cm³/mol. The van der Waals surface area contributed by atoms with Gasteiger partial charge in [-0.2, -0.15) is 5.10 Å². The molecule has 0 saturated heterocycles. The van der Waals surface area contributed by atoms with E-state index in [0.717, 1.165) is 25.2 Å². The Hall–Kier alpha value is -2.04. The minimum absolute atomic E-state index is 0.682. The lowest BCUT2D eigenvalue weighted by molar-refractivity contribution is 0.592. The van der Waals surface area contributed by atoms with Gasteiger partial charge in [-0.3, -0.25) is 9.67 Å². The molecule has 0 aliphatic rings. The van der Waals surface area contributed by atoms with Crippen LogP contribution >= 0.6 is 0 Å². The molecule has 0 spiro atoms. The lowest BCUT2D eigenvalue weighted by Crippen LogP contribution is -2.08. The number of nitrogens with two attached hydrogens (primary N) is 1. The van der Waals surface area contributed by atoms with Crippen molar-refractivity contribution in [1.29, 1.82) is 0 Å². The Morgan fingerprint density at radius 1 is 1.38 bits per heavy atom. The first-order chi connectivity index (χ1) is 7.86. The van der Waals surface area contributed by atoms with Gasteiger partial charge in [0.1, 0.15) is 0 Å². The van der Waals surface area contributed by atoms with Crippen LogP contribution in [0.2, 0.25) is 0 Å². The second-order valence-electron chi connectivity index (χ2n) is 3.51. The van der Waals surface area contributed by atoms with Crippen molar-refractivity contribution in [3.63, 3.8) is 0 Å². The number of pyridine rings is 1. The first-order valence-electron chi connectivity index (χ1n) is 5.27. The Bertz CT molecular complexity index is 424. The lowest BCUT2D eigenvalue weighted by Gasteiger charge is -2.08. The highest BCUT2D eigenvalue weighted by atomic mass is 15.3. The van der Waals surface area contributed by atoms with Crippen LogP contribution in [0.5, 0.6) is 0 Å². The maximum atomic E-state index is 5.75. The van der Waals surface area contributed by atoms with E-state index in [4.69, 9.17) is 5.73 Å². The molecule has 16 heavy (non-hydrogen) atoms. The molecule has 0 aliphatic heterocycles. The minimum Gasteiger partial charge on any atom is -0.396 e. The van der Waals surface area contributed by atoms with Crippen molar-refractivity contribution in [3.8, 4) is 0 Å². The normalized spacial score (nSPS) is 10.2. The van der Waals surface area contributed by atoms with E-state index in [0.29, 0.717) is 5.69 Å². The van der Waals surface area contributed by atoms with Crippen LogP contribution in [0.1, 0.15) is 6.42 Å². The maximum Gasteiger partial charge on any atom is 0.0736 e. The zero-order chi connectivity index (χ0) is 11.2. The van der Waals surface area contributed by atoms with Crippen LogP contribution in [0.25, 0.3) is 0 Å². The van der Waals surface area contributed by atoms with Gasteiger partial charge in [0, 0.05) is 31.7 Å². The van der Waals surface area contributed by atoms with Gasteiger partial charge >= 0.3 is 0 Å². The summed E-state index contributed by atoms with van der Waals surface area (Å²) in [7, 11) is 0. The van der Waals surface area contributed by atoms with Gasteiger partial charge in [0.25, 0.3) is 0 Å². The third-order valence-electron chi connectivity index (χ3n) is 2.29. The molecule has 5 nitrogen and oxygen atoms in total. The summed E-state index contributed by atoms with van der Waals surface area (Å²) in [6.07, 6.45) is 8.13. The quantitative estimate of drug-likeness (QED) is 0.742. The van der Waals surface area contributed by atoms with E-state index in [2.05, 4.69) is 15.4 Å². The first kappa shape index (κ1) is 10.5. The molecule has 2 aromatic rings. The number of hydrogen-bond acceptors (Lipinski definition) is 4. The van der Waals surface area contributed by atoms with Crippen molar-refractivity contribution < 1.29 is 0 Å². The smallest absolute Gasteiger partial charge is 0.0736 e. The summed E-state index contributed by atoms with van der Waals surface area (Å²) in [6, 6.07) is 3.80. The second-order valence-corrected chi connectivity index (χ2v) is 3.51. The molecule has 0 aliphatic carbocycles. The topological polar surface area (TPSA) is 68.8 Å². The highest BCUT2D eigenvalue weighted by molar-refractivity contribution is 5.63. The summed E-state index contributed by atoms with van der Waals surface area (Å²) in [5.41, 5.74) is 7.38. The van der Waals surface area contributed by atoms with E-state index < -0.39 is 0 Å². The number of aromatic nitrogens is 3. The monoisotopic (exact) mass is 217 g/mol. The maximum absolute atomic E-state index is 5.75. The summed E-state index contributed by atoms with van der Waals surface area (Å²) in [5, 5.41) is 7.40. The van der Waals surface area contributed by atoms with Gasteiger partial charge in [-0.15, -0.1) is 0 Å². The molecule has 0 saturated carbocycles. The summed E-state index contributed by atoms with van der Waals surface area (Å²) < 4.78 is 1.91. The third kappa shape index (κ3) is 2.73. The first-order valence-corrected chi connectivity index (χ1v) is 5.27. The molecule has 0 unspecified atom stereocenters. The van der Waals surface area contributed by atoms with Crippen LogP contribution < -0.4 is 11.1 Å². The molecule has 5 heteroatoms. The highest BCUT2D eigenvalue weighted by Gasteiger charge is 1.96. The SMILES string of the molecule is Nc1cnccc1NCCCn1cccn1. The van der Waals surface area contributed by atoms with Crippen molar-refractivity contribution in [3.05, 3.63) is 36.9 Å². The molecule has 0 bridgehead atoms. The summed E-state index contributed by atoms with van der Waals surface area (Å²) in [6.45, 7) is 1.78. The fraction of sp³-hybridized carbons (Fsp3) is 0.273. The Kier molecular flexibility index (Phi) is 3.38. The average molecular weight is 217 g/mol. The van der Waals surface area contributed by atoms with Crippen molar-refractivity contribution in [1.82, 2.24) is 14.8 Å². The fourth-order valence-corrected chi connectivity index (χ4v) is 1.46. The zero-order valence-electron chi connectivity index (χ0n) is 9.00. The highest BCUT2D eigenvalue weighted by Crippen LogP contribution is 2.14. The van der Waals surface area contributed by atoms with E-state index in [1.165, 1.54) is 0 Å². The molecule has 2 heterocycles. The molecule has 0 atom stereocenters. The Balaban J connectivity index is 1.74. The van der Waals surface area contributed by atoms with Crippen LogP contribution in [0.3, 0.4) is 0 Å². The number of nitrogens with zero attached hydrogens (tertiary/aromatic N) is 3. The number of nitrogen functional groups attached to an aromatic ring is 1. The standard InChI is InChI=1S/C11H15N5/c12-10-9-13-6-3-11(10)14-4-1-7-16-8-2-5-15-16/h2-3,5-6,8-9H,1,4,7,12H2,(H,13,14). The second kappa shape index (κ2) is 5.16. The summed E-state index contributed by atoms with van der Waals surface area (Å²) in [5.74, 6) is 0. The summed E-state index contributed by atoms with van der Waals surface area (Å²) in [4.78, 5) is 3.93. The van der Waals surface area contributed by atoms with Crippen LogP contribution in [0, 0.1) is 0 Å². The molecular formula is C11H15N5. The molecule has 84 valence electrons. The van der Waals surface area contributed by atoms with E-state index in [1.807, 2.05) is 23.0 Å². The van der Waals surface area contributed by atoms with Gasteiger partial charge in [0.15, 0.2) is 0 Å². The molecule has 0 amide bonds. The van der Waals surface area contributed by atoms with Gasteiger partial charge in [-0.05, 0) is 18.6 Å². The Labute approximate surface area is 94.3 Å². The molecule has 2 rings (SSSR count). The largest absolute Gasteiger partial charge is 0.396 e. The van der Waals surface area contributed by atoms with Crippen LogP contribution in [-0.2, 0) is 6.54 Å². The van der Waals surface area contributed by atoms with Crippen molar-refractivity contribution in [2.75, 3.05) is 17.6 Å². The number of rotatable bonds is 5. The molecular weight excluding hydrogens is 202 g/mol. The van der Waals surface area contributed by atoms with Crippen LogP contribution in [-0.4, -0.2) is 21.3 Å². The van der Waals surface area contributed by atoms with E-state index in [1.54, 1.807) is 18.6 Å². The molecule has 0 aromatic carbocycles. The predicted octanol–water partition coefficient (Wildman–Crippen LogP) is 1.36. The van der Waals surface area contributed by atoms with E-state index >= 15 is 0 Å². The number of hydrogen-bond donors (Lipinski definition) is 2. The van der Waals surface area contributed by atoms with Crippen molar-refractivity contribution >= 4 is 11.4 Å². The summed E-state index contributed by atoms with van der Waals surface area (Å²) >= 11 is 0. The molecule has 2 aromatic heterocycles. The van der Waals surface area contributed by atoms with Crippen molar-refractivity contribution in [2.24, 2.45) is 0 Å². The van der Waals surface area contributed by atoms with Gasteiger partial charge in [0.2, 0.25) is 0 Å². The number of nitrogens with one attached hydrogen (secondary N) is 1. The van der Waals surface area contributed by atoms with Crippen LogP contribution in [0.15, 0.2) is 36.9 Å². The molecule has 0 radical (unpaired) electrons.